The van der Waals surface area contributed by atoms with Crippen molar-refractivity contribution in [2.45, 2.75) is 164 Å². The topological polar surface area (TPSA) is 156 Å². The minimum Gasteiger partial charge on any atom is -0.466 e. The fraction of sp³-hybridized carbons (Fsp3) is 0.766. The number of amides is 2. The van der Waals surface area contributed by atoms with E-state index in [9.17, 15) is 24.6 Å². The van der Waals surface area contributed by atoms with Crippen LogP contribution in [-0.4, -0.2) is 127 Å². The molecule has 3 unspecified atom stereocenters. The molecule has 1 aliphatic rings. The van der Waals surface area contributed by atoms with Crippen LogP contribution in [0.3, 0.4) is 0 Å². The molecular weight excluding hydrogens is 767 g/mol. The Morgan fingerprint density at radius 1 is 1.00 bits per heavy atom. The van der Waals surface area contributed by atoms with Crippen LogP contribution in [0.1, 0.15) is 121 Å². The first-order chi connectivity index (χ1) is 28.4. The van der Waals surface area contributed by atoms with E-state index >= 15 is 0 Å². The SMILES string of the molecule is C/C=c1/cccc/c1=C/CNC(=O)N(CCCN(C[C@H](C)C[C@H](C)[C@H](OC1CCCC(C)O1)[C@@H](C)[C@H](OC)C(C)C(=O)O[C@H](CC)C(C)(O)O)C(C)C)CCC(=O)OCC. The second-order valence-electron chi connectivity index (χ2n) is 17.3. The van der Waals surface area contributed by atoms with Crippen LogP contribution in [0.5, 0.6) is 0 Å². The van der Waals surface area contributed by atoms with Crippen LogP contribution in [-0.2, 0) is 33.3 Å². The van der Waals surface area contributed by atoms with Gasteiger partial charge < -0.3 is 49.0 Å². The van der Waals surface area contributed by atoms with E-state index in [1.807, 2.05) is 50.3 Å². The van der Waals surface area contributed by atoms with Gasteiger partial charge in [-0.3, -0.25) is 9.59 Å². The van der Waals surface area contributed by atoms with Crippen LogP contribution in [0, 0.1) is 23.7 Å². The number of rotatable bonds is 26. The minimum atomic E-state index is -2.16. The van der Waals surface area contributed by atoms with Gasteiger partial charge in [0.05, 0.1) is 37.3 Å². The van der Waals surface area contributed by atoms with Gasteiger partial charge >= 0.3 is 18.0 Å². The number of urea groups is 1. The molecule has 13 nitrogen and oxygen atoms in total. The Morgan fingerprint density at radius 2 is 1.68 bits per heavy atom. The van der Waals surface area contributed by atoms with Gasteiger partial charge in [0.15, 0.2) is 18.2 Å². The first kappa shape index (κ1) is 53.1. The predicted octanol–water partition coefficient (Wildman–Crippen LogP) is 5.61. The lowest BCUT2D eigenvalue weighted by molar-refractivity contribution is -0.240. The second-order valence-corrected chi connectivity index (χ2v) is 17.3. The summed E-state index contributed by atoms with van der Waals surface area (Å²) < 4.78 is 29.8. The molecule has 1 heterocycles. The number of hydrogen-bond donors (Lipinski definition) is 3. The number of aliphatic hydroxyl groups is 2. The summed E-state index contributed by atoms with van der Waals surface area (Å²) in [7, 11) is 1.58. The third-order valence-corrected chi connectivity index (χ3v) is 11.7. The highest BCUT2D eigenvalue weighted by Crippen LogP contribution is 2.33. The van der Waals surface area contributed by atoms with Crippen LogP contribution in [0.2, 0.25) is 0 Å². The average Bonchev–Trinajstić information content (AvgIpc) is 3.19. The number of benzene rings is 1. The van der Waals surface area contributed by atoms with Gasteiger partial charge in [0.1, 0.15) is 0 Å². The van der Waals surface area contributed by atoms with Crippen molar-refractivity contribution in [2.24, 2.45) is 23.7 Å². The van der Waals surface area contributed by atoms with E-state index in [1.165, 1.54) is 6.92 Å². The quantitative estimate of drug-likeness (QED) is 0.0788. The normalized spacial score (nSPS) is 20.3. The lowest BCUT2D eigenvalue weighted by Gasteiger charge is -2.40. The molecule has 2 rings (SSSR count). The van der Waals surface area contributed by atoms with Crippen LogP contribution >= 0.6 is 0 Å². The van der Waals surface area contributed by atoms with E-state index in [0.29, 0.717) is 19.7 Å². The molecule has 0 radical (unpaired) electrons. The van der Waals surface area contributed by atoms with E-state index < -0.39 is 29.9 Å². The lowest BCUT2D eigenvalue weighted by atomic mass is 9.80. The van der Waals surface area contributed by atoms with Gasteiger partial charge in [-0.15, -0.1) is 0 Å². The smallest absolute Gasteiger partial charge is 0.317 e. The highest BCUT2D eigenvalue weighted by molar-refractivity contribution is 5.76. The van der Waals surface area contributed by atoms with Crippen LogP contribution in [0.4, 0.5) is 4.79 Å². The van der Waals surface area contributed by atoms with Crippen molar-refractivity contribution in [1.29, 1.82) is 0 Å². The highest BCUT2D eigenvalue weighted by Gasteiger charge is 2.41. The number of methoxy groups -OCH3 is 1. The summed E-state index contributed by atoms with van der Waals surface area (Å²) >= 11 is 0. The minimum absolute atomic E-state index is 0.0633. The number of carbonyl (C=O) groups is 3. The molecule has 3 N–H and O–H groups in total. The van der Waals surface area contributed by atoms with Crippen molar-refractivity contribution in [1.82, 2.24) is 15.1 Å². The molecule has 1 saturated heterocycles. The summed E-state index contributed by atoms with van der Waals surface area (Å²) in [5.74, 6) is -3.65. The number of nitrogens with one attached hydrogen (secondary N) is 1. The molecule has 60 heavy (non-hydrogen) atoms. The van der Waals surface area contributed by atoms with Crippen molar-refractivity contribution < 1.29 is 48.3 Å². The molecule has 1 aliphatic heterocycles. The summed E-state index contributed by atoms with van der Waals surface area (Å²) in [4.78, 5) is 43.3. The Morgan fingerprint density at radius 3 is 2.27 bits per heavy atom. The first-order valence-corrected chi connectivity index (χ1v) is 22.5. The molecule has 1 fully saturated rings. The van der Waals surface area contributed by atoms with Gasteiger partial charge in [-0.1, -0.05) is 64.1 Å². The summed E-state index contributed by atoms with van der Waals surface area (Å²) in [6, 6.07) is 8.06. The molecule has 0 bridgehead atoms. The van der Waals surface area contributed by atoms with E-state index in [4.69, 9.17) is 23.7 Å². The fourth-order valence-corrected chi connectivity index (χ4v) is 8.41. The van der Waals surface area contributed by atoms with Crippen LogP contribution in [0.15, 0.2) is 24.3 Å². The van der Waals surface area contributed by atoms with E-state index in [1.54, 1.807) is 32.8 Å². The number of hydrogen-bond acceptors (Lipinski definition) is 11. The van der Waals surface area contributed by atoms with Gasteiger partial charge in [0.2, 0.25) is 0 Å². The molecule has 1 aromatic rings. The third-order valence-electron chi connectivity index (χ3n) is 11.7. The van der Waals surface area contributed by atoms with Crippen molar-refractivity contribution in [3.05, 3.63) is 34.7 Å². The zero-order chi connectivity index (χ0) is 45.0. The molecule has 0 spiro atoms. The van der Waals surface area contributed by atoms with Crippen LogP contribution < -0.4 is 15.8 Å². The van der Waals surface area contributed by atoms with Crippen molar-refractivity contribution in [3.8, 4) is 0 Å². The summed E-state index contributed by atoms with van der Waals surface area (Å²) in [5.41, 5.74) is 0. The Hall–Kier alpha value is -3.07. The molecule has 9 atom stereocenters. The molecule has 344 valence electrons. The largest absolute Gasteiger partial charge is 0.466 e. The molecule has 0 aliphatic carbocycles. The number of carbonyl (C=O) groups excluding carboxylic acids is 3. The third kappa shape index (κ3) is 18.1. The number of nitrogens with zero attached hydrogens (tertiary/aromatic N) is 2. The standard InChI is InChI=1S/C47H81N3O10/c1-13-38-21-16-17-22-39(38)24-26-48-46(53)49(29-25-41(51)57-15-3)27-19-28-50(32(4)5)31-33(6)30-34(7)43(60-42-23-18-20-35(8)58-42)36(9)44(56-12)37(10)45(52)59-40(14-2)47(11,54)55/h13,16-17,21-22,24,32-37,40,42-44,54-55H,14-15,18-20,23,25-31H2,1-12H3,(H,48,53)/b38-13-,39-24-/t33-,34+,35?,36-,37?,40-,42?,43+,44+/m1/s1. The lowest BCUT2D eigenvalue weighted by Crippen LogP contribution is -2.48. The second kappa shape index (κ2) is 27.1. The monoisotopic (exact) mass is 848 g/mol. The predicted molar refractivity (Wildman–Crippen MR) is 236 cm³/mol. The Labute approximate surface area is 361 Å². The zero-order valence-corrected chi connectivity index (χ0v) is 39.0. The van der Waals surface area contributed by atoms with Crippen LogP contribution in [0.25, 0.3) is 12.2 Å². The van der Waals surface area contributed by atoms with E-state index in [-0.39, 0.29) is 73.7 Å². The molecule has 0 saturated carbocycles. The Balaban J connectivity index is 2.18. The maximum Gasteiger partial charge on any atom is 0.317 e. The van der Waals surface area contributed by atoms with Gasteiger partial charge in [0.25, 0.3) is 0 Å². The number of ether oxygens (including phenoxy) is 5. The highest BCUT2D eigenvalue weighted by atomic mass is 16.7. The first-order valence-electron chi connectivity index (χ1n) is 22.5. The van der Waals surface area contributed by atoms with Crippen molar-refractivity contribution in [3.63, 3.8) is 0 Å². The van der Waals surface area contributed by atoms with Crippen molar-refractivity contribution >= 4 is 30.1 Å². The summed E-state index contributed by atoms with van der Waals surface area (Å²) in [6.07, 6.45) is 6.51. The molecule has 1 aromatic carbocycles. The summed E-state index contributed by atoms with van der Waals surface area (Å²) in [6.45, 7) is 24.4. The number of esters is 2. The Kier molecular flexibility index (Phi) is 24.0. The Bertz CT molecular complexity index is 1530. The van der Waals surface area contributed by atoms with E-state index in [0.717, 1.165) is 55.6 Å². The molecule has 0 aromatic heterocycles. The molecule has 13 heteroatoms. The van der Waals surface area contributed by atoms with Gasteiger partial charge in [0, 0.05) is 51.8 Å². The maximum atomic E-state index is 13.4. The zero-order valence-electron chi connectivity index (χ0n) is 39.0. The van der Waals surface area contributed by atoms with Gasteiger partial charge in [-0.2, -0.15) is 0 Å². The van der Waals surface area contributed by atoms with Gasteiger partial charge in [-0.05, 0) is 109 Å². The fourth-order valence-electron chi connectivity index (χ4n) is 8.41. The average molecular weight is 848 g/mol. The maximum absolute atomic E-state index is 13.4. The van der Waals surface area contributed by atoms with Gasteiger partial charge in [-0.25, -0.2) is 4.79 Å². The molecular formula is C47H81N3O10. The summed E-state index contributed by atoms with van der Waals surface area (Å²) in [5, 5.41) is 25.5. The van der Waals surface area contributed by atoms with E-state index in [2.05, 4.69) is 44.8 Å². The van der Waals surface area contributed by atoms with Crippen molar-refractivity contribution in [2.75, 3.05) is 46.4 Å². The molecule has 2 amide bonds.